The Morgan fingerprint density at radius 3 is 2.70 bits per heavy atom. The van der Waals surface area contributed by atoms with Crippen molar-refractivity contribution in [1.82, 2.24) is 4.72 Å². The topological polar surface area (TPSA) is 90.9 Å². The van der Waals surface area contributed by atoms with Crippen LogP contribution in [0, 0.1) is 0 Å². The highest BCUT2D eigenvalue weighted by Crippen LogP contribution is 2.25. The summed E-state index contributed by atoms with van der Waals surface area (Å²) >= 11 is 0. The van der Waals surface area contributed by atoms with Crippen molar-refractivity contribution in [2.75, 3.05) is 20.3 Å². The fourth-order valence-corrected chi connectivity index (χ4v) is 3.50. The lowest BCUT2D eigenvalue weighted by Crippen LogP contribution is -2.35. The third-order valence-electron chi connectivity index (χ3n) is 3.28. The van der Waals surface area contributed by atoms with E-state index in [1.165, 1.54) is 25.3 Å². The lowest BCUT2D eigenvalue weighted by atomic mass is 10.2. The first kappa shape index (κ1) is 17.7. The molecule has 1 atom stereocenters. The molecular weight excluding hydrogens is 322 g/mol. The van der Waals surface area contributed by atoms with E-state index in [1.807, 2.05) is 13.8 Å². The van der Waals surface area contributed by atoms with Crippen LogP contribution in [0.3, 0.4) is 0 Å². The Bertz CT molecular complexity index is 665. The quantitative estimate of drug-likeness (QED) is 0.784. The van der Waals surface area contributed by atoms with Gasteiger partial charge < -0.3 is 14.2 Å². The number of hydrogen-bond donors (Lipinski definition) is 1. The molecule has 23 heavy (non-hydrogen) atoms. The Labute approximate surface area is 136 Å². The molecule has 1 fully saturated rings. The summed E-state index contributed by atoms with van der Waals surface area (Å²) in [5.41, 5.74) is 0.0757. The predicted octanol–water partition coefficient (Wildman–Crippen LogP) is 1.33. The summed E-state index contributed by atoms with van der Waals surface area (Å²) in [5.74, 6) is -0.364. The van der Waals surface area contributed by atoms with Crippen LogP contribution < -0.4 is 9.46 Å². The van der Waals surface area contributed by atoms with Crippen molar-refractivity contribution in [1.29, 1.82) is 0 Å². The van der Waals surface area contributed by atoms with Gasteiger partial charge in [0.15, 0.2) is 0 Å². The van der Waals surface area contributed by atoms with Crippen molar-refractivity contribution >= 4 is 16.0 Å². The molecule has 1 N–H and O–H groups in total. The Hall–Kier alpha value is -1.64. The Morgan fingerprint density at radius 1 is 1.39 bits per heavy atom. The van der Waals surface area contributed by atoms with Crippen LogP contribution in [0.1, 0.15) is 30.6 Å². The van der Waals surface area contributed by atoms with Crippen molar-refractivity contribution in [3.8, 4) is 5.75 Å². The van der Waals surface area contributed by atoms with E-state index in [1.54, 1.807) is 0 Å². The van der Waals surface area contributed by atoms with E-state index in [9.17, 15) is 13.2 Å². The van der Waals surface area contributed by atoms with Crippen molar-refractivity contribution < 1.29 is 27.4 Å². The molecule has 1 aliphatic rings. The summed E-state index contributed by atoms with van der Waals surface area (Å²) in [4.78, 5) is 11.9. The second kappa shape index (κ2) is 7.29. The molecule has 0 spiro atoms. The molecule has 0 bridgehead atoms. The van der Waals surface area contributed by atoms with E-state index < -0.39 is 16.0 Å². The molecule has 0 radical (unpaired) electrons. The standard InChI is InChI=1S/C15H21NO6S/c1-10(2)22-14-5-4-12(8-13(14)15(17)20-3)23(18,19)16-11-6-7-21-9-11/h4-5,8,10-11,16H,6-7,9H2,1-3H3. The average Bonchev–Trinajstić information content (AvgIpc) is 2.98. The molecule has 1 aromatic carbocycles. The second-order valence-corrected chi connectivity index (χ2v) is 7.21. The summed E-state index contributed by atoms with van der Waals surface area (Å²) in [6.45, 7) is 4.50. The minimum absolute atomic E-state index is 0.0130. The minimum atomic E-state index is -3.75. The van der Waals surface area contributed by atoms with Gasteiger partial charge in [-0.3, -0.25) is 0 Å². The number of nitrogens with one attached hydrogen (secondary N) is 1. The molecule has 8 heteroatoms. The summed E-state index contributed by atoms with van der Waals surface area (Å²) in [6, 6.07) is 3.88. The molecule has 1 aliphatic heterocycles. The van der Waals surface area contributed by atoms with Crippen molar-refractivity contribution in [3.63, 3.8) is 0 Å². The molecule has 1 saturated heterocycles. The van der Waals surface area contributed by atoms with E-state index in [0.717, 1.165) is 0 Å². The first-order valence-electron chi connectivity index (χ1n) is 7.32. The summed E-state index contributed by atoms with van der Waals surface area (Å²) < 4.78 is 42.8. The van der Waals surface area contributed by atoms with E-state index in [0.29, 0.717) is 19.6 Å². The van der Waals surface area contributed by atoms with Crippen LogP contribution in [0.25, 0.3) is 0 Å². The van der Waals surface area contributed by atoms with E-state index in [4.69, 9.17) is 14.2 Å². The van der Waals surface area contributed by atoms with E-state index in [2.05, 4.69) is 4.72 Å². The number of esters is 1. The third kappa shape index (κ3) is 4.43. The van der Waals surface area contributed by atoms with Crippen LogP contribution in [0.5, 0.6) is 5.75 Å². The zero-order valence-corrected chi connectivity index (χ0v) is 14.2. The highest BCUT2D eigenvalue weighted by Gasteiger charge is 2.25. The summed E-state index contributed by atoms with van der Waals surface area (Å²) in [7, 11) is -2.51. The summed E-state index contributed by atoms with van der Waals surface area (Å²) in [5, 5.41) is 0. The number of ether oxygens (including phenoxy) is 3. The van der Waals surface area contributed by atoms with Gasteiger partial charge in [0.2, 0.25) is 10.0 Å². The maximum absolute atomic E-state index is 12.4. The van der Waals surface area contributed by atoms with Crippen LogP contribution in [-0.2, 0) is 19.5 Å². The zero-order valence-electron chi connectivity index (χ0n) is 13.4. The smallest absolute Gasteiger partial charge is 0.341 e. The van der Waals surface area contributed by atoms with E-state index >= 15 is 0 Å². The number of hydrogen-bond acceptors (Lipinski definition) is 6. The zero-order chi connectivity index (χ0) is 17.0. The van der Waals surface area contributed by atoms with Gasteiger partial charge in [0, 0.05) is 12.6 Å². The fourth-order valence-electron chi connectivity index (χ4n) is 2.22. The Balaban J connectivity index is 2.33. The molecule has 0 aromatic heterocycles. The van der Waals surface area contributed by atoms with Gasteiger partial charge in [0.25, 0.3) is 0 Å². The van der Waals surface area contributed by atoms with Crippen LogP contribution in [0.15, 0.2) is 23.1 Å². The SMILES string of the molecule is COC(=O)c1cc(S(=O)(=O)NC2CCOC2)ccc1OC(C)C. The molecule has 0 amide bonds. The molecule has 2 rings (SSSR count). The van der Waals surface area contributed by atoms with Crippen molar-refractivity contribution in [2.24, 2.45) is 0 Å². The third-order valence-corrected chi connectivity index (χ3v) is 4.80. The summed E-state index contributed by atoms with van der Waals surface area (Å²) in [6.07, 6.45) is 0.465. The average molecular weight is 343 g/mol. The van der Waals surface area contributed by atoms with Crippen LogP contribution in [-0.4, -0.2) is 46.9 Å². The van der Waals surface area contributed by atoms with Crippen molar-refractivity contribution in [3.05, 3.63) is 23.8 Å². The molecule has 128 valence electrons. The first-order valence-corrected chi connectivity index (χ1v) is 8.81. The highest BCUT2D eigenvalue weighted by atomic mass is 32.2. The number of benzene rings is 1. The maximum atomic E-state index is 12.4. The van der Waals surface area contributed by atoms with E-state index in [-0.39, 0.29) is 28.4 Å². The highest BCUT2D eigenvalue weighted by molar-refractivity contribution is 7.89. The lowest BCUT2D eigenvalue weighted by Gasteiger charge is -2.16. The number of methoxy groups -OCH3 is 1. The van der Waals surface area contributed by atoms with Crippen LogP contribution in [0.4, 0.5) is 0 Å². The number of carbonyl (C=O) groups is 1. The maximum Gasteiger partial charge on any atom is 0.341 e. The monoisotopic (exact) mass is 343 g/mol. The molecule has 1 heterocycles. The fraction of sp³-hybridized carbons (Fsp3) is 0.533. The van der Waals surface area contributed by atoms with Crippen molar-refractivity contribution in [2.45, 2.75) is 37.3 Å². The largest absolute Gasteiger partial charge is 0.490 e. The van der Waals surface area contributed by atoms with Gasteiger partial charge in [-0.2, -0.15) is 0 Å². The van der Waals surface area contributed by atoms with Gasteiger partial charge >= 0.3 is 5.97 Å². The predicted molar refractivity (Wildman–Crippen MR) is 83.1 cm³/mol. The molecule has 0 saturated carbocycles. The molecule has 7 nitrogen and oxygen atoms in total. The first-order chi connectivity index (χ1) is 10.8. The van der Waals surface area contributed by atoms with Crippen LogP contribution in [0.2, 0.25) is 0 Å². The molecular formula is C15H21NO6S. The number of sulfonamides is 1. The Kier molecular flexibility index (Phi) is 5.61. The lowest BCUT2D eigenvalue weighted by molar-refractivity contribution is 0.0594. The molecule has 1 unspecified atom stereocenters. The second-order valence-electron chi connectivity index (χ2n) is 5.50. The van der Waals surface area contributed by atoms with Gasteiger partial charge in [-0.05, 0) is 38.5 Å². The van der Waals surface area contributed by atoms with Gasteiger partial charge in [0.05, 0.1) is 24.7 Å². The van der Waals surface area contributed by atoms with Gasteiger partial charge in [-0.1, -0.05) is 0 Å². The van der Waals surface area contributed by atoms with Gasteiger partial charge in [0.1, 0.15) is 11.3 Å². The van der Waals surface area contributed by atoms with Gasteiger partial charge in [-0.15, -0.1) is 0 Å². The molecule has 0 aliphatic carbocycles. The van der Waals surface area contributed by atoms with Gasteiger partial charge in [-0.25, -0.2) is 17.9 Å². The Morgan fingerprint density at radius 2 is 2.13 bits per heavy atom. The molecule has 1 aromatic rings. The normalized spacial score (nSPS) is 18.2. The number of rotatable bonds is 6. The van der Waals surface area contributed by atoms with Crippen LogP contribution >= 0.6 is 0 Å². The number of carbonyl (C=O) groups excluding carboxylic acids is 1. The minimum Gasteiger partial charge on any atom is -0.490 e.